The molecule has 0 saturated carbocycles. The van der Waals surface area contributed by atoms with Crippen LogP contribution in [-0.2, 0) is 5.41 Å². The Morgan fingerprint density at radius 3 is 2.24 bits per heavy atom. The van der Waals surface area contributed by atoms with E-state index in [9.17, 15) is 10.2 Å². The van der Waals surface area contributed by atoms with Gasteiger partial charge in [-0.1, -0.05) is 38.1 Å². The standard InChI is InChI=1S/C15H14O2/c1-15(2)11-6-4-3-5-9(11)10-7-13(16)14(17)8-12(10)15/h3-8,16-17H,1-2H3. The summed E-state index contributed by atoms with van der Waals surface area (Å²) in [4.78, 5) is 0. The summed E-state index contributed by atoms with van der Waals surface area (Å²) in [7, 11) is 0. The molecule has 17 heavy (non-hydrogen) atoms. The van der Waals surface area contributed by atoms with Gasteiger partial charge >= 0.3 is 0 Å². The van der Waals surface area contributed by atoms with Crippen LogP contribution in [-0.4, -0.2) is 10.2 Å². The second kappa shape index (κ2) is 3.04. The van der Waals surface area contributed by atoms with Crippen molar-refractivity contribution in [2.75, 3.05) is 0 Å². The first kappa shape index (κ1) is 10.2. The van der Waals surface area contributed by atoms with E-state index in [1.807, 2.05) is 12.1 Å². The van der Waals surface area contributed by atoms with E-state index in [4.69, 9.17) is 0 Å². The molecule has 0 heterocycles. The number of hydrogen-bond acceptors (Lipinski definition) is 2. The molecule has 2 nitrogen and oxygen atoms in total. The van der Waals surface area contributed by atoms with E-state index >= 15 is 0 Å². The van der Waals surface area contributed by atoms with E-state index in [-0.39, 0.29) is 16.9 Å². The first-order valence-corrected chi connectivity index (χ1v) is 5.68. The summed E-state index contributed by atoms with van der Waals surface area (Å²) in [5.41, 5.74) is 4.33. The van der Waals surface area contributed by atoms with Gasteiger partial charge in [0.1, 0.15) is 0 Å². The van der Waals surface area contributed by atoms with Gasteiger partial charge in [0.2, 0.25) is 0 Å². The molecule has 86 valence electrons. The van der Waals surface area contributed by atoms with Crippen molar-refractivity contribution >= 4 is 0 Å². The highest BCUT2D eigenvalue weighted by Gasteiger charge is 2.35. The SMILES string of the molecule is CC1(C)c2ccccc2-c2cc(O)c(O)cc21. The lowest BCUT2D eigenvalue weighted by atomic mass is 9.82. The molecule has 0 spiro atoms. The fourth-order valence-electron chi connectivity index (χ4n) is 2.72. The number of rotatable bonds is 0. The minimum absolute atomic E-state index is 0.0513. The van der Waals surface area contributed by atoms with Crippen molar-refractivity contribution in [2.45, 2.75) is 19.3 Å². The van der Waals surface area contributed by atoms with E-state index in [1.165, 1.54) is 5.56 Å². The van der Waals surface area contributed by atoms with E-state index in [0.29, 0.717) is 0 Å². The van der Waals surface area contributed by atoms with E-state index < -0.39 is 0 Å². The maximum atomic E-state index is 9.64. The Balaban J connectivity index is 2.40. The summed E-state index contributed by atoms with van der Waals surface area (Å²) in [6.45, 7) is 4.27. The minimum Gasteiger partial charge on any atom is -0.504 e. The molecule has 3 rings (SSSR count). The van der Waals surface area contributed by atoms with Gasteiger partial charge in [-0.2, -0.15) is 0 Å². The molecule has 0 unspecified atom stereocenters. The number of hydrogen-bond donors (Lipinski definition) is 2. The zero-order chi connectivity index (χ0) is 12.2. The molecule has 0 atom stereocenters. The third-order valence-electron chi connectivity index (χ3n) is 3.68. The maximum absolute atomic E-state index is 9.64. The molecular weight excluding hydrogens is 212 g/mol. The van der Waals surface area contributed by atoms with Gasteiger partial charge in [0.25, 0.3) is 0 Å². The number of fused-ring (bicyclic) bond motifs is 3. The van der Waals surface area contributed by atoms with Crippen molar-refractivity contribution in [1.82, 2.24) is 0 Å². The van der Waals surface area contributed by atoms with Crippen molar-refractivity contribution in [3.05, 3.63) is 47.5 Å². The third-order valence-corrected chi connectivity index (χ3v) is 3.68. The van der Waals surface area contributed by atoms with Gasteiger partial charge in [-0.3, -0.25) is 0 Å². The van der Waals surface area contributed by atoms with Crippen LogP contribution >= 0.6 is 0 Å². The van der Waals surface area contributed by atoms with Crippen LogP contribution in [0.1, 0.15) is 25.0 Å². The Morgan fingerprint density at radius 1 is 0.824 bits per heavy atom. The van der Waals surface area contributed by atoms with Crippen LogP contribution in [0.2, 0.25) is 0 Å². The molecule has 0 aromatic heterocycles. The van der Waals surface area contributed by atoms with Gasteiger partial charge in [-0.25, -0.2) is 0 Å². The van der Waals surface area contributed by atoms with Crippen LogP contribution in [0, 0.1) is 0 Å². The number of phenolic OH excluding ortho intramolecular Hbond substituents is 2. The molecule has 2 aromatic rings. The van der Waals surface area contributed by atoms with Gasteiger partial charge in [0, 0.05) is 5.41 Å². The molecule has 1 aliphatic rings. The van der Waals surface area contributed by atoms with Gasteiger partial charge < -0.3 is 10.2 Å². The molecule has 1 aliphatic carbocycles. The summed E-state index contributed by atoms with van der Waals surface area (Å²) in [6.07, 6.45) is 0. The van der Waals surface area contributed by atoms with Gasteiger partial charge in [-0.15, -0.1) is 0 Å². The summed E-state index contributed by atoms with van der Waals surface area (Å²) >= 11 is 0. The zero-order valence-corrected chi connectivity index (χ0v) is 9.86. The second-order valence-corrected chi connectivity index (χ2v) is 5.06. The lowest BCUT2D eigenvalue weighted by Crippen LogP contribution is -2.14. The molecular formula is C15H14O2. The van der Waals surface area contributed by atoms with Gasteiger partial charge in [-0.05, 0) is 34.4 Å². The Hall–Kier alpha value is -1.96. The Bertz CT molecular complexity index is 612. The van der Waals surface area contributed by atoms with Crippen molar-refractivity contribution in [3.63, 3.8) is 0 Å². The van der Waals surface area contributed by atoms with Crippen LogP contribution in [0.5, 0.6) is 11.5 Å². The number of aromatic hydroxyl groups is 2. The van der Waals surface area contributed by atoms with E-state index in [2.05, 4.69) is 26.0 Å². The first-order chi connectivity index (χ1) is 8.01. The highest BCUT2D eigenvalue weighted by Crippen LogP contribution is 2.51. The highest BCUT2D eigenvalue weighted by molar-refractivity contribution is 5.82. The van der Waals surface area contributed by atoms with Gasteiger partial charge in [0.15, 0.2) is 11.5 Å². The largest absolute Gasteiger partial charge is 0.504 e. The second-order valence-electron chi connectivity index (χ2n) is 5.06. The summed E-state index contributed by atoms with van der Waals surface area (Å²) in [5, 5.41) is 19.3. The lowest BCUT2D eigenvalue weighted by Gasteiger charge is -2.21. The van der Waals surface area contributed by atoms with Crippen LogP contribution in [0.15, 0.2) is 36.4 Å². The fourth-order valence-corrected chi connectivity index (χ4v) is 2.72. The van der Waals surface area contributed by atoms with E-state index in [0.717, 1.165) is 16.7 Å². The molecule has 2 N–H and O–H groups in total. The van der Waals surface area contributed by atoms with Crippen LogP contribution in [0.4, 0.5) is 0 Å². The summed E-state index contributed by atoms with van der Waals surface area (Å²) in [6, 6.07) is 11.5. The van der Waals surface area contributed by atoms with Crippen LogP contribution in [0.3, 0.4) is 0 Å². The molecule has 2 heteroatoms. The smallest absolute Gasteiger partial charge is 0.158 e. The van der Waals surface area contributed by atoms with E-state index in [1.54, 1.807) is 12.1 Å². The normalized spacial score (nSPS) is 15.4. The molecule has 0 saturated heterocycles. The Morgan fingerprint density at radius 2 is 1.47 bits per heavy atom. The predicted octanol–water partition coefficient (Wildman–Crippen LogP) is 3.40. The Kier molecular flexibility index (Phi) is 1.82. The average Bonchev–Trinajstić information content (AvgIpc) is 2.51. The molecule has 0 amide bonds. The quantitative estimate of drug-likeness (QED) is 0.676. The van der Waals surface area contributed by atoms with Crippen molar-refractivity contribution in [3.8, 4) is 22.6 Å². The molecule has 0 radical (unpaired) electrons. The molecule has 0 fully saturated rings. The van der Waals surface area contributed by atoms with Crippen LogP contribution in [0.25, 0.3) is 11.1 Å². The highest BCUT2D eigenvalue weighted by atomic mass is 16.3. The van der Waals surface area contributed by atoms with Crippen molar-refractivity contribution < 1.29 is 10.2 Å². The van der Waals surface area contributed by atoms with Crippen molar-refractivity contribution in [1.29, 1.82) is 0 Å². The first-order valence-electron chi connectivity index (χ1n) is 5.68. The molecule has 2 aromatic carbocycles. The van der Waals surface area contributed by atoms with Crippen LogP contribution < -0.4 is 0 Å². The predicted molar refractivity (Wildman–Crippen MR) is 67.3 cm³/mol. The average molecular weight is 226 g/mol. The van der Waals surface area contributed by atoms with Crippen molar-refractivity contribution in [2.24, 2.45) is 0 Å². The molecule has 0 aliphatic heterocycles. The topological polar surface area (TPSA) is 40.5 Å². The number of phenols is 2. The number of benzene rings is 2. The maximum Gasteiger partial charge on any atom is 0.158 e. The fraction of sp³-hybridized carbons (Fsp3) is 0.200. The summed E-state index contributed by atoms with van der Waals surface area (Å²) in [5.74, 6) is -0.110. The molecule has 0 bridgehead atoms. The summed E-state index contributed by atoms with van der Waals surface area (Å²) < 4.78 is 0. The zero-order valence-electron chi connectivity index (χ0n) is 9.86. The van der Waals surface area contributed by atoms with Gasteiger partial charge in [0.05, 0.1) is 0 Å². The monoisotopic (exact) mass is 226 g/mol. The Labute approximate surface area is 100 Å². The minimum atomic E-state index is -0.128. The lowest BCUT2D eigenvalue weighted by molar-refractivity contribution is 0.402. The third kappa shape index (κ3) is 1.21.